The van der Waals surface area contributed by atoms with E-state index in [2.05, 4.69) is 59.8 Å². The Morgan fingerprint density at radius 3 is 2.96 bits per heavy atom. The molecule has 6 heteroatoms. The maximum atomic E-state index is 4.97. The second-order valence-corrected chi connectivity index (χ2v) is 8.36. The number of hydrogen-bond acceptors (Lipinski definition) is 3. The Morgan fingerprint density at radius 1 is 1.48 bits per heavy atom. The highest BCUT2D eigenvalue weighted by Gasteiger charge is 2.28. The van der Waals surface area contributed by atoms with Crippen molar-refractivity contribution in [1.82, 2.24) is 20.0 Å². The number of aryl methyl sites for hydroxylation is 1. The van der Waals surface area contributed by atoms with Gasteiger partial charge in [0.25, 0.3) is 0 Å². The zero-order chi connectivity index (χ0) is 17.9. The van der Waals surface area contributed by atoms with Gasteiger partial charge in [0.05, 0.1) is 12.7 Å². The lowest BCUT2D eigenvalue weighted by molar-refractivity contribution is 0.476. The van der Waals surface area contributed by atoms with Crippen molar-refractivity contribution in [3.8, 4) is 0 Å². The van der Waals surface area contributed by atoms with Crippen LogP contribution in [-0.4, -0.2) is 46.8 Å². The van der Waals surface area contributed by atoms with E-state index >= 15 is 0 Å². The van der Waals surface area contributed by atoms with Gasteiger partial charge in [-0.25, -0.2) is 0 Å². The zero-order valence-electron chi connectivity index (χ0n) is 15.7. The number of aromatic nitrogens is 2. The fraction of sp³-hybridized carbons (Fsp3) is 0.579. The van der Waals surface area contributed by atoms with Crippen LogP contribution in [0.5, 0.6) is 0 Å². The number of likely N-dealkylation sites (tertiary alicyclic amines) is 1. The Hall–Kier alpha value is -1.82. The third-order valence-electron chi connectivity index (χ3n) is 4.83. The van der Waals surface area contributed by atoms with Gasteiger partial charge in [0.15, 0.2) is 5.96 Å². The van der Waals surface area contributed by atoms with Crippen LogP contribution in [0.4, 0.5) is 0 Å². The third kappa shape index (κ3) is 4.24. The lowest BCUT2D eigenvalue weighted by Gasteiger charge is -2.25. The first kappa shape index (κ1) is 18.0. The molecule has 0 amide bonds. The van der Waals surface area contributed by atoms with Gasteiger partial charge in [-0.2, -0.15) is 5.10 Å². The Labute approximate surface area is 154 Å². The molecule has 0 aromatic carbocycles. The highest BCUT2D eigenvalue weighted by molar-refractivity contribution is 7.10. The van der Waals surface area contributed by atoms with Crippen molar-refractivity contribution in [3.63, 3.8) is 0 Å². The summed E-state index contributed by atoms with van der Waals surface area (Å²) in [4.78, 5) is 8.76. The minimum absolute atomic E-state index is 0.0668. The van der Waals surface area contributed by atoms with Gasteiger partial charge in [0.1, 0.15) is 0 Å². The first-order valence-corrected chi connectivity index (χ1v) is 9.93. The molecule has 1 aliphatic heterocycles. The molecule has 1 unspecified atom stereocenters. The van der Waals surface area contributed by atoms with E-state index in [0.29, 0.717) is 5.92 Å². The molecular formula is C19H29N5S. The van der Waals surface area contributed by atoms with E-state index in [4.69, 9.17) is 4.99 Å². The molecule has 25 heavy (non-hydrogen) atoms. The monoisotopic (exact) mass is 359 g/mol. The van der Waals surface area contributed by atoms with Crippen molar-refractivity contribution in [1.29, 1.82) is 0 Å². The van der Waals surface area contributed by atoms with Crippen LogP contribution in [-0.2, 0) is 12.5 Å². The second kappa shape index (κ2) is 7.60. The van der Waals surface area contributed by atoms with Gasteiger partial charge in [0.2, 0.25) is 0 Å². The van der Waals surface area contributed by atoms with Gasteiger partial charge in [0, 0.05) is 49.1 Å². The molecule has 0 spiro atoms. The molecule has 3 heterocycles. The van der Waals surface area contributed by atoms with E-state index in [0.717, 1.165) is 38.6 Å². The van der Waals surface area contributed by atoms with Gasteiger partial charge in [-0.3, -0.25) is 9.67 Å². The maximum absolute atomic E-state index is 4.97. The van der Waals surface area contributed by atoms with Crippen LogP contribution >= 0.6 is 11.3 Å². The number of nitrogens with zero attached hydrogens (tertiary/aromatic N) is 4. The van der Waals surface area contributed by atoms with Crippen LogP contribution in [0.3, 0.4) is 0 Å². The predicted molar refractivity (Wildman–Crippen MR) is 105 cm³/mol. The molecule has 0 bridgehead atoms. The van der Waals surface area contributed by atoms with Crippen LogP contribution in [0.2, 0.25) is 0 Å². The van der Waals surface area contributed by atoms with Crippen LogP contribution in [0.15, 0.2) is 34.9 Å². The summed E-state index contributed by atoms with van der Waals surface area (Å²) in [6.45, 7) is 10.4. The number of hydrogen-bond donors (Lipinski definition) is 1. The molecule has 3 rings (SSSR count). The summed E-state index contributed by atoms with van der Waals surface area (Å²) in [5.74, 6) is 1.58. The summed E-state index contributed by atoms with van der Waals surface area (Å²) in [5.41, 5.74) is 1.40. The topological polar surface area (TPSA) is 45.5 Å². The largest absolute Gasteiger partial charge is 0.357 e. The first-order valence-electron chi connectivity index (χ1n) is 9.05. The molecular weight excluding hydrogens is 330 g/mol. The van der Waals surface area contributed by atoms with E-state index in [-0.39, 0.29) is 5.41 Å². The van der Waals surface area contributed by atoms with E-state index < -0.39 is 0 Å². The van der Waals surface area contributed by atoms with E-state index in [9.17, 15) is 0 Å². The van der Waals surface area contributed by atoms with Crippen molar-refractivity contribution in [2.45, 2.75) is 38.5 Å². The van der Waals surface area contributed by atoms with E-state index in [1.54, 1.807) is 0 Å². The van der Waals surface area contributed by atoms with Crippen LogP contribution in [0, 0.1) is 0 Å². The predicted octanol–water partition coefficient (Wildman–Crippen LogP) is 3.21. The lowest BCUT2D eigenvalue weighted by atomic mass is 9.92. The molecule has 2 aromatic rings. The van der Waals surface area contributed by atoms with Crippen LogP contribution in [0.25, 0.3) is 0 Å². The summed E-state index contributed by atoms with van der Waals surface area (Å²) < 4.78 is 1.89. The molecule has 0 aliphatic carbocycles. The summed E-state index contributed by atoms with van der Waals surface area (Å²) in [5, 5.41) is 9.94. The van der Waals surface area contributed by atoms with Crippen molar-refractivity contribution in [2.24, 2.45) is 12.0 Å². The normalized spacial score (nSPS) is 18.8. The summed E-state index contributed by atoms with van der Waals surface area (Å²) in [7, 11) is 1.98. The van der Waals surface area contributed by atoms with Crippen LogP contribution in [0.1, 0.15) is 43.6 Å². The molecule has 136 valence electrons. The summed E-state index contributed by atoms with van der Waals surface area (Å²) in [6, 6.07) is 4.33. The molecule has 2 aromatic heterocycles. The highest BCUT2D eigenvalue weighted by atomic mass is 32.1. The van der Waals surface area contributed by atoms with Gasteiger partial charge < -0.3 is 10.2 Å². The van der Waals surface area contributed by atoms with Crippen molar-refractivity contribution in [3.05, 3.63) is 40.3 Å². The Balaban J connectivity index is 1.68. The fourth-order valence-electron chi connectivity index (χ4n) is 3.32. The average molecular weight is 360 g/mol. The maximum Gasteiger partial charge on any atom is 0.193 e. The van der Waals surface area contributed by atoms with Crippen LogP contribution < -0.4 is 5.32 Å². The number of rotatable bonds is 5. The average Bonchev–Trinajstić information content (AvgIpc) is 3.31. The number of guanidine groups is 1. The number of thiophene rings is 1. The summed E-state index contributed by atoms with van der Waals surface area (Å²) >= 11 is 1.81. The minimum atomic E-state index is 0.0668. The first-order chi connectivity index (χ1) is 12.0. The molecule has 1 aliphatic rings. The molecule has 1 atom stereocenters. The molecule has 0 radical (unpaired) electrons. The summed E-state index contributed by atoms with van der Waals surface area (Å²) in [6.07, 6.45) is 5.29. The van der Waals surface area contributed by atoms with Gasteiger partial charge in [-0.15, -0.1) is 11.3 Å². The molecule has 1 saturated heterocycles. The highest BCUT2D eigenvalue weighted by Crippen LogP contribution is 2.29. The molecule has 1 N–H and O–H groups in total. The number of aliphatic imine (C=N–C) groups is 1. The Bertz CT molecular complexity index is 701. The minimum Gasteiger partial charge on any atom is -0.357 e. The quantitative estimate of drug-likeness (QED) is 0.659. The zero-order valence-corrected chi connectivity index (χ0v) is 16.5. The molecule has 5 nitrogen and oxygen atoms in total. The molecule has 0 saturated carbocycles. The van der Waals surface area contributed by atoms with Crippen molar-refractivity contribution < 1.29 is 0 Å². The lowest BCUT2D eigenvalue weighted by Crippen LogP contribution is -2.40. The van der Waals surface area contributed by atoms with Crippen molar-refractivity contribution in [2.75, 3.05) is 26.2 Å². The van der Waals surface area contributed by atoms with Gasteiger partial charge in [-0.05, 0) is 30.4 Å². The standard InChI is InChI=1S/C19H29N5S/c1-5-20-18(21-14-19(2,3)17-7-6-10-25-17)24-9-8-15(13-24)16-11-22-23(4)12-16/h6-7,10-12,15H,5,8-9,13-14H2,1-4H3,(H,20,21). The fourth-order valence-corrected chi connectivity index (χ4v) is 4.16. The third-order valence-corrected chi connectivity index (χ3v) is 6.07. The number of nitrogens with one attached hydrogen (secondary N) is 1. The smallest absolute Gasteiger partial charge is 0.193 e. The van der Waals surface area contributed by atoms with Gasteiger partial charge in [-0.1, -0.05) is 19.9 Å². The Kier molecular flexibility index (Phi) is 5.47. The van der Waals surface area contributed by atoms with E-state index in [1.165, 1.54) is 10.4 Å². The Morgan fingerprint density at radius 2 is 2.32 bits per heavy atom. The van der Waals surface area contributed by atoms with E-state index in [1.807, 2.05) is 29.3 Å². The molecule has 1 fully saturated rings. The SMILES string of the molecule is CCNC(=NCC(C)(C)c1cccs1)N1CCC(c2cnn(C)c2)C1. The van der Waals surface area contributed by atoms with Gasteiger partial charge >= 0.3 is 0 Å². The van der Waals surface area contributed by atoms with Crippen molar-refractivity contribution >= 4 is 17.3 Å². The second-order valence-electron chi connectivity index (χ2n) is 7.41.